The van der Waals surface area contributed by atoms with Gasteiger partial charge in [-0.3, -0.25) is 9.59 Å². The summed E-state index contributed by atoms with van der Waals surface area (Å²) in [7, 11) is 0. The zero-order valence-corrected chi connectivity index (χ0v) is 11.3. The SMILES string of the molecule is CC1(C)C=Cc2[nH]c3c(c2C1=O)C(C(F)(F)F)C(=O)C=C3. The van der Waals surface area contributed by atoms with E-state index >= 15 is 0 Å². The van der Waals surface area contributed by atoms with E-state index in [4.69, 9.17) is 0 Å². The number of rotatable bonds is 0. The number of hydrogen-bond donors (Lipinski definition) is 1. The summed E-state index contributed by atoms with van der Waals surface area (Å²) < 4.78 is 39.7. The Kier molecular flexibility index (Phi) is 2.61. The van der Waals surface area contributed by atoms with Gasteiger partial charge in [-0.1, -0.05) is 6.08 Å². The zero-order chi connectivity index (χ0) is 15.6. The summed E-state index contributed by atoms with van der Waals surface area (Å²) in [6.45, 7) is 3.27. The molecule has 3 rings (SSSR count). The number of aromatic amines is 1. The second-order valence-electron chi connectivity index (χ2n) is 5.84. The van der Waals surface area contributed by atoms with E-state index in [1.165, 1.54) is 6.08 Å². The number of carbonyl (C=O) groups excluding carboxylic acids is 2. The molecule has 1 atom stereocenters. The smallest absolute Gasteiger partial charge is 0.355 e. The molecule has 0 radical (unpaired) electrons. The molecular weight excluding hydrogens is 283 g/mol. The average Bonchev–Trinajstić information content (AvgIpc) is 2.71. The molecule has 21 heavy (non-hydrogen) atoms. The molecule has 6 heteroatoms. The van der Waals surface area contributed by atoms with Gasteiger partial charge in [0.15, 0.2) is 11.6 Å². The Morgan fingerprint density at radius 2 is 1.76 bits per heavy atom. The first-order valence-electron chi connectivity index (χ1n) is 6.41. The molecule has 1 N–H and O–H groups in total. The van der Waals surface area contributed by atoms with Crippen molar-refractivity contribution < 1.29 is 22.8 Å². The standard InChI is InChI=1S/C15H12F3NO2/c1-14(2)6-5-8-11(13(14)21)10-7(19-8)3-4-9(20)12(10)15(16,17)18/h3-6,12,19H,1-2H3. The number of alkyl halides is 3. The number of H-pyrrole nitrogens is 1. The second-order valence-corrected chi connectivity index (χ2v) is 5.84. The number of Topliss-reactive ketones (excluding diaryl/α,β-unsaturated/α-hetero) is 1. The minimum atomic E-state index is -4.72. The van der Waals surface area contributed by atoms with Crippen molar-refractivity contribution >= 4 is 23.7 Å². The normalized spacial score (nSPS) is 23.2. The third kappa shape index (κ3) is 1.89. The van der Waals surface area contributed by atoms with Crippen molar-refractivity contribution in [2.45, 2.75) is 25.9 Å². The lowest BCUT2D eigenvalue weighted by atomic mass is 9.76. The van der Waals surface area contributed by atoms with Crippen LogP contribution in [0.5, 0.6) is 0 Å². The molecule has 1 heterocycles. The highest BCUT2D eigenvalue weighted by atomic mass is 19.4. The van der Waals surface area contributed by atoms with Gasteiger partial charge in [-0.15, -0.1) is 0 Å². The quantitative estimate of drug-likeness (QED) is 0.796. The fourth-order valence-electron chi connectivity index (χ4n) is 2.77. The Morgan fingerprint density at radius 1 is 1.10 bits per heavy atom. The predicted molar refractivity (Wildman–Crippen MR) is 70.8 cm³/mol. The Bertz CT molecular complexity index is 720. The van der Waals surface area contributed by atoms with Crippen LogP contribution < -0.4 is 0 Å². The van der Waals surface area contributed by atoms with E-state index in [1.54, 1.807) is 26.0 Å². The van der Waals surface area contributed by atoms with Crippen LogP contribution in [0.4, 0.5) is 13.2 Å². The number of ketones is 2. The van der Waals surface area contributed by atoms with Gasteiger partial charge in [0.2, 0.25) is 0 Å². The molecule has 0 aliphatic heterocycles. The number of fused-ring (bicyclic) bond motifs is 3. The van der Waals surface area contributed by atoms with Crippen LogP contribution in [0, 0.1) is 5.41 Å². The zero-order valence-electron chi connectivity index (χ0n) is 11.3. The van der Waals surface area contributed by atoms with Crippen molar-refractivity contribution in [2.24, 2.45) is 5.41 Å². The molecule has 0 amide bonds. The van der Waals surface area contributed by atoms with Gasteiger partial charge in [0.1, 0.15) is 5.92 Å². The Labute approximate surface area is 118 Å². The maximum Gasteiger partial charge on any atom is 0.403 e. The van der Waals surface area contributed by atoms with Crippen LogP contribution in [0.2, 0.25) is 0 Å². The molecule has 2 aliphatic rings. The number of halogens is 3. The maximum absolute atomic E-state index is 13.2. The number of aromatic nitrogens is 1. The van der Waals surface area contributed by atoms with Crippen molar-refractivity contribution in [3.8, 4) is 0 Å². The number of allylic oxidation sites excluding steroid dienone is 2. The van der Waals surface area contributed by atoms with E-state index in [0.29, 0.717) is 5.69 Å². The van der Waals surface area contributed by atoms with Crippen molar-refractivity contribution in [1.29, 1.82) is 0 Å². The van der Waals surface area contributed by atoms with Crippen molar-refractivity contribution in [1.82, 2.24) is 4.98 Å². The Morgan fingerprint density at radius 3 is 2.38 bits per heavy atom. The maximum atomic E-state index is 13.2. The van der Waals surface area contributed by atoms with Gasteiger partial charge in [0, 0.05) is 27.9 Å². The van der Waals surface area contributed by atoms with Gasteiger partial charge in [0.25, 0.3) is 0 Å². The number of carbonyl (C=O) groups is 2. The van der Waals surface area contributed by atoms with Gasteiger partial charge in [-0.05, 0) is 32.1 Å². The van der Waals surface area contributed by atoms with E-state index in [9.17, 15) is 22.8 Å². The van der Waals surface area contributed by atoms with Crippen LogP contribution in [0.15, 0.2) is 12.2 Å². The predicted octanol–water partition coefficient (Wildman–Crippen LogP) is 3.49. The first-order valence-corrected chi connectivity index (χ1v) is 6.41. The molecule has 1 aromatic rings. The van der Waals surface area contributed by atoms with Crippen molar-refractivity contribution in [3.63, 3.8) is 0 Å². The molecule has 1 unspecified atom stereocenters. The number of hydrogen-bond acceptors (Lipinski definition) is 2. The van der Waals surface area contributed by atoms with Crippen LogP contribution >= 0.6 is 0 Å². The van der Waals surface area contributed by atoms with Gasteiger partial charge in [-0.2, -0.15) is 13.2 Å². The average molecular weight is 295 g/mol. The van der Waals surface area contributed by atoms with Crippen LogP contribution in [0.1, 0.15) is 47.1 Å². The fourth-order valence-corrected chi connectivity index (χ4v) is 2.77. The van der Waals surface area contributed by atoms with E-state index in [-0.39, 0.29) is 16.8 Å². The molecule has 0 spiro atoms. The van der Waals surface area contributed by atoms with Crippen molar-refractivity contribution in [2.75, 3.05) is 0 Å². The molecule has 0 bridgehead atoms. The highest BCUT2D eigenvalue weighted by molar-refractivity contribution is 6.12. The topological polar surface area (TPSA) is 49.9 Å². The van der Waals surface area contributed by atoms with Gasteiger partial charge >= 0.3 is 6.18 Å². The van der Waals surface area contributed by atoms with E-state index in [1.807, 2.05) is 0 Å². The molecule has 0 aromatic carbocycles. The lowest BCUT2D eigenvalue weighted by molar-refractivity contribution is -0.160. The molecule has 1 aromatic heterocycles. The molecule has 0 saturated heterocycles. The fraction of sp³-hybridized carbons (Fsp3) is 0.333. The summed E-state index contributed by atoms with van der Waals surface area (Å²) in [6, 6.07) is 0. The van der Waals surface area contributed by atoms with Gasteiger partial charge in [-0.25, -0.2) is 0 Å². The molecule has 0 saturated carbocycles. The molecule has 2 aliphatic carbocycles. The first-order chi connectivity index (χ1) is 9.63. The van der Waals surface area contributed by atoms with Crippen LogP contribution in [0.3, 0.4) is 0 Å². The molecule has 0 fully saturated rings. The van der Waals surface area contributed by atoms with Gasteiger partial charge in [0.05, 0.1) is 0 Å². The lowest BCUT2D eigenvalue weighted by Crippen LogP contribution is -2.33. The Balaban J connectivity index is 2.29. The van der Waals surface area contributed by atoms with E-state index in [2.05, 4.69) is 4.98 Å². The minimum absolute atomic E-state index is 0.0162. The first kappa shape index (κ1) is 13.9. The third-order valence-corrected chi connectivity index (χ3v) is 3.89. The summed E-state index contributed by atoms with van der Waals surface area (Å²) in [5, 5.41) is 0. The van der Waals surface area contributed by atoms with Crippen LogP contribution in [-0.2, 0) is 4.79 Å². The van der Waals surface area contributed by atoms with Crippen LogP contribution in [-0.4, -0.2) is 22.7 Å². The van der Waals surface area contributed by atoms with Crippen LogP contribution in [0.25, 0.3) is 12.2 Å². The summed E-state index contributed by atoms with van der Waals surface area (Å²) in [6.07, 6.45) is 0.723. The van der Waals surface area contributed by atoms with Gasteiger partial charge < -0.3 is 4.98 Å². The second kappa shape index (κ2) is 3.96. The minimum Gasteiger partial charge on any atom is -0.355 e. The summed E-state index contributed by atoms with van der Waals surface area (Å²) in [5.74, 6) is -3.73. The third-order valence-electron chi connectivity index (χ3n) is 3.89. The summed E-state index contributed by atoms with van der Waals surface area (Å²) >= 11 is 0. The lowest BCUT2D eigenvalue weighted by Gasteiger charge is -2.26. The Hall–Kier alpha value is -2.11. The molecule has 3 nitrogen and oxygen atoms in total. The number of nitrogens with one attached hydrogen (secondary N) is 1. The molecule has 110 valence electrons. The summed E-state index contributed by atoms with van der Waals surface area (Å²) in [5.41, 5.74) is -0.635. The van der Waals surface area contributed by atoms with E-state index in [0.717, 1.165) is 6.08 Å². The highest BCUT2D eigenvalue weighted by Gasteiger charge is 2.50. The monoisotopic (exact) mass is 295 g/mol. The van der Waals surface area contributed by atoms with Crippen molar-refractivity contribution in [3.05, 3.63) is 34.7 Å². The highest BCUT2D eigenvalue weighted by Crippen LogP contribution is 2.45. The molecular formula is C15H12F3NO2. The van der Waals surface area contributed by atoms with E-state index < -0.39 is 29.1 Å². The largest absolute Gasteiger partial charge is 0.403 e. The summed E-state index contributed by atoms with van der Waals surface area (Å²) in [4.78, 5) is 27.0.